The molecular weight excluding hydrogens is 475 g/mol. The summed E-state index contributed by atoms with van der Waals surface area (Å²) in [6.45, 7) is 6.48. The number of guanidine groups is 1. The number of benzene rings is 1. The van der Waals surface area contributed by atoms with Crippen molar-refractivity contribution in [1.29, 1.82) is 0 Å². The van der Waals surface area contributed by atoms with Gasteiger partial charge in [0.2, 0.25) is 10.0 Å². The second kappa shape index (κ2) is 11.2. The first-order chi connectivity index (χ1) is 12.4. The first kappa shape index (κ1) is 24.2. The zero-order chi connectivity index (χ0) is 19.0. The van der Waals surface area contributed by atoms with Gasteiger partial charge in [0.25, 0.3) is 0 Å². The summed E-state index contributed by atoms with van der Waals surface area (Å²) in [6, 6.07) is 10.6. The lowest BCUT2D eigenvalue weighted by molar-refractivity contribution is 0.461. The molecule has 1 aromatic carbocycles. The summed E-state index contributed by atoms with van der Waals surface area (Å²) < 4.78 is 24.9. The number of nitrogens with zero attached hydrogens (tertiary/aromatic N) is 2. The van der Waals surface area contributed by atoms with E-state index in [9.17, 15) is 8.42 Å². The second-order valence-corrected chi connectivity index (χ2v) is 9.21. The van der Waals surface area contributed by atoms with Crippen molar-refractivity contribution < 1.29 is 8.42 Å². The zero-order valence-electron chi connectivity index (χ0n) is 16.6. The third-order valence-corrected chi connectivity index (χ3v) is 6.77. The quantitative estimate of drug-likeness (QED) is 0.221. The van der Waals surface area contributed by atoms with E-state index in [-0.39, 0.29) is 35.1 Å². The highest BCUT2D eigenvalue weighted by molar-refractivity contribution is 14.0. The summed E-state index contributed by atoms with van der Waals surface area (Å²) in [7, 11) is -1.47. The number of nitrogens with one attached hydrogen (secondary N) is 2. The van der Waals surface area contributed by atoms with Gasteiger partial charge in [-0.1, -0.05) is 30.3 Å². The van der Waals surface area contributed by atoms with Gasteiger partial charge < -0.3 is 10.6 Å². The molecule has 0 heterocycles. The summed E-state index contributed by atoms with van der Waals surface area (Å²) in [6.07, 6.45) is 3.10. The Morgan fingerprint density at radius 3 is 2.41 bits per heavy atom. The fourth-order valence-electron chi connectivity index (χ4n) is 2.92. The average Bonchev–Trinajstić information content (AvgIpc) is 3.44. The molecule has 6 nitrogen and oxygen atoms in total. The third-order valence-electron chi connectivity index (χ3n) is 4.91. The molecule has 154 valence electrons. The Balaban J connectivity index is 0.00000364. The largest absolute Gasteiger partial charge is 0.357 e. The van der Waals surface area contributed by atoms with Gasteiger partial charge in [-0.15, -0.1) is 24.0 Å². The van der Waals surface area contributed by atoms with E-state index in [4.69, 9.17) is 4.99 Å². The average molecular weight is 508 g/mol. The number of rotatable bonds is 10. The number of sulfonamides is 1. The van der Waals surface area contributed by atoms with Crippen LogP contribution in [0, 0.1) is 0 Å². The van der Waals surface area contributed by atoms with Crippen molar-refractivity contribution in [2.45, 2.75) is 38.5 Å². The van der Waals surface area contributed by atoms with E-state index < -0.39 is 10.0 Å². The molecule has 0 bridgehead atoms. The van der Waals surface area contributed by atoms with Crippen molar-refractivity contribution in [3.63, 3.8) is 0 Å². The van der Waals surface area contributed by atoms with E-state index in [1.165, 1.54) is 22.7 Å². The van der Waals surface area contributed by atoms with Crippen LogP contribution in [0.1, 0.15) is 38.7 Å². The molecule has 0 saturated heterocycles. The van der Waals surface area contributed by atoms with Gasteiger partial charge in [0, 0.05) is 32.1 Å². The predicted molar refractivity (Wildman–Crippen MR) is 123 cm³/mol. The number of halogens is 1. The van der Waals surface area contributed by atoms with Crippen LogP contribution in [0.5, 0.6) is 0 Å². The molecule has 1 aliphatic rings. The first-order valence-corrected chi connectivity index (χ1v) is 11.1. The molecule has 0 radical (unpaired) electrons. The summed E-state index contributed by atoms with van der Waals surface area (Å²) in [5, 5.41) is 6.59. The lowest BCUT2D eigenvalue weighted by atomic mass is 9.96. The van der Waals surface area contributed by atoms with Crippen LogP contribution in [0.2, 0.25) is 0 Å². The van der Waals surface area contributed by atoms with Gasteiger partial charge in [-0.2, -0.15) is 0 Å². The van der Waals surface area contributed by atoms with E-state index in [0.29, 0.717) is 13.1 Å². The monoisotopic (exact) mass is 508 g/mol. The van der Waals surface area contributed by atoms with Crippen molar-refractivity contribution in [3.8, 4) is 0 Å². The summed E-state index contributed by atoms with van der Waals surface area (Å²) in [5.41, 5.74) is 1.56. The predicted octanol–water partition coefficient (Wildman–Crippen LogP) is 2.56. The molecule has 0 amide bonds. The van der Waals surface area contributed by atoms with E-state index in [0.717, 1.165) is 25.5 Å². The Morgan fingerprint density at radius 2 is 1.85 bits per heavy atom. The minimum absolute atomic E-state index is 0. The van der Waals surface area contributed by atoms with E-state index in [2.05, 4.69) is 34.9 Å². The summed E-state index contributed by atoms with van der Waals surface area (Å²) >= 11 is 0. The molecule has 1 fully saturated rings. The standard InChI is InChI=1S/C19H32N4O2S.HI/c1-4-20-18(21-14-9-15-23(3)26(24,25)5-2)22-16-19(12-13-19)17-10-7-6-8-11-17;/h6-8,10-11H,4-5,9,12-16H2,1-3H3,(H2,20,21,22);1H. The van der Waals surface area contributed by atoms with Gasteiger partial charge in [0.15, 0.2) is 5.96 Å². The molecular formula is C19H33IN4O2S. The van der Waals surface area contributed by atoms with Crippen LogP contribution >= 0.6 is 24.0 Å². The molecule has 2 rings (SSSR count). The van der Waals surface area contributed by atoms with Crippen LogP contribution in [0.3, 0.4) is 0 Å². The molecule has 0 unspecified atom stereocenters. The normalized spacial score (nSPS) is 15.9. The Hall–Kier alpha value is -0.870. The van der Waals surface area contributed by atoms with Crippen LogP contribution in [0.15, 0.2) is 35.3 Å². The number of hydrogen-bond acceptors (Lipinski definition) is 3. The number of aliphatic imine (C=N–C) groups is 1. The Kier molecular flexibility index (Phi) is 10.0. The Bertz CT molecular complexity index is 691. The highest BCUT2D eigenvalue weighted by Crippen LogP contribution is 2.48. The minimum Gasteiger partial charge on any atom is -0.357 e. The van der Waals surface area contributed by atoms with Gasteiger partial charge in [-0.05, 0) is 38.7 Å². The Labute approximate surface area is 181 Å². The van der Waals surface area contributed by atoms with Crippen molar-refractivity contribution >= 4 is 40.0 Å². The van der Waals surface area contributed by atoms with Gasteiger partial charge in [-0.25, -0.2) is 12.7 Å². The summed E-state index contributed by atoms with van der Waals surface area (Å²) in [5.74, 6) is 0.943. The lowest BCUT2D eigenvalue weighted by Gasteiger charge is -2.18. The fraction of sp³-hybridized carbons (Fsp3) is 0.632. The van der Waals surface area contributed by atoms with Gasteiger partial charge in [0.05, 0.1) is 12.3 Å². The number of hydrogen-bond donors (Lipinski definition) is 2. The molecule has 1 aliphatic carbocycles. The fourth-order valence-corrected chi connectivity index (χ4v) is 3.77. The van der Waals surface area contributed by atoms with Crippen molar-refractivity contribution in [3.05, 3.63) is 35.9 Å². The van der Waals surface area contributed by atoms with Crippen molar-refractivity contribution in [2.75, 3.05) is 39.0 Å². The van der Waals surface area contributed by atoms with Crippen LogP contribution in [0.25, 0.3) is 0 Å². The molecule has 0 spiro atoms. The second-order valence-electron chi connectivity index (χ2n) is 6.84. The molecule has 0 atom stereocenters. The van der Waals surface area contributed by atoms with Crippen molar-refractivity contribution in [2.24, 2.45) is 4.99 Å². The van der Waals surface area contributed by atoms with Gasteiger partial charge in [0.1, 0.15) is 0 Å². The first-order valence-electron chi connectivity index (χ1n) is 9.45. The molecule has 1 aromatic rings. The highest BCUT2D eigenvalue weighted by Gasteiger charge is 2.43. The van der Waals surface area contributed by atoms with Crippen LogP contribution in [0.4, 0.5) is 0 Å². The van der Waals surface area contributed by atoms with E-state index >= 15 is 0 Å². The smallest absolute Gasteiger partial charge is 0.213 e. The highest BCUT2D eigenvalue weighted by atomic mass is 127. The van der Waals surface area contributed by atoms with Crippen LogP contribution in [-0.2, 0) is 15.4 Å². The molecule has 27 heavy (non-hydrogen) atoms. The van der Waals surface area contributed by atoms with Crippen LogP contribution < -0.4 is 10.6 Å². The maximum atomic E-state index is 11.8. The van der Waals surface area contributed by atoms with Crippen molar-refractivity contribution in [1.82, 2.24) is 14.9 Å². The maximum absolute atomic E-state index is 11.8. The third kappa shape index (κ3) is 7.23. The lowest BCUT2D eigenvalue weighted by Crippen LogP contribution is -2.39. The van der Waals surface area contributed by atoms with E-state index in [1.54, 1.807) is 14.0 Å². The van der Waals surface area contributed by atoms with Gasteiger partial charge >= 0.3 is 0 Å². The van der Waals surface area contributed by atoms with E-state index in [1.807, 2.05) is 13.0 Å². The minimum atomic E-state index is -3.10. The SMILES string of the molecule is CCNC(=NCC1(c2ccccc2)CC1)NCCCN(C)S(=O)(=O)CC.I. The topological polar surface area (TPSA) is 73.8 Å². The molecule has 8 heteroatoms. The maximum Gasteiger partial charge on any atom is 0.213 e. The summed E-state index contributed by atoms with van der Waals surface area (Å²) in [4.78, 5) is 4.77. The van der Waals surface area contributed by atoms with Crippen LogP contribution in [-0.4, -0.2) is 57.7 Å². The van der Waals surface area contributed by atoms with Gasteiger partial charge in [-0.3, -0.25) is 4.99 Å². The Morgan fingerprint density at radius 1 is 1.19 bits per heavy atom. The molecule has 0 aromatic heterocycles. The molecule has 2 N–H and O–H groups in total. The molecule has 0 aliphatic heterocycles. The zero-order valence-corrected chi connectivity index (χ0v) is 19.7. The molecule has 1 saturated carbocycles.